The van der Waals surface area contributed by atoms with Gasteiger partial charge in [-0.2, -0.15) is 0 Å². The fourth-order valence-corrected chi connectivity index (χ4v) is 4.10. The summed E-state index contributed by atoms with van der Waals surface area (Å²) in [5.41, 5.74) is 0. The smallest absolute Gasteiger partial charge is 0.227 e. The molecular weight excluding hydrogens is 316 g/mol. The minimum Gasteiger partial charge on any atom is -0.497 e. The second kappa shape index (κ2) is 7.24. The summed E-state index contributed by atoms with van der Waals surface area (Å²) in [6.07, 6.45) is 4.83. The molecule has 136 valence electrons. The first-order valence-electron chi connectivity index (χ1n) is 9.52. The van der Waals surface area contributed by atoms with Crippen molar-refractivity contribution < 1.29 is 14.3 Å². The third kappa shape index (κ3) is 3.92. The predicted octanol–water partition coefficient (Wildman–Crippen LogP) is 2.41. The molecule has 0 N–H and O–H groups in total. The van der Waals surface area contributed by atoms with Crippen molar-refractivity contribution >= 4 is 5.91 Å². The van der Waals surface area contributed by atoms with Crippen LogP contribution in [0.3, 0.4) is 0 Å². The Morgan fingerprint density at radius 3 is 2.52 bits per heavy atom. The summed E-state index contributed by atoms with van der Waals surface area (Å²) in [5, 5.41) is 0. The maximum atomic E-state index is 12.7. The Labute approximate surface area is 149 Å². The van der Waals surface area contributed by atoms with Gasteiger partial charge in [0.2, 0.25) is 5.91 Å². The molecule has 0 radical (unpaired) electrons. The number of piperidine rings is 1. The number of ether oxygens (including phenoxy) is 2. The predicted molar refractivity (Wildman–Crippen MR) is 95.9 cm³/mol. The molecule has 1 aromatic rings. The van der Waals surface area contributed by atoms with Crippen LogP contribution in [0.2, 0.25) is 0 Å². The van der Waals surface area contributed by atoms with Crippen LogP contribution in [-0.4, -0.2) is 61.6 Å². The van der Waals surface area contributed by atoms with Gasteiger partial charge in [-0.05, 0) is 55.9 Å². The number of hydrogen-bond donors (Lipinski definition) is 0. The zero-order valence-corrected chi connectivity index (χ0v) is 15.0. The first-order valence-corrected chi connectivity index (χ1v) is 9.52. The van der Waals surface area contributed by atoms with Crippen molar-refractivity contribution in [2.75, 3.05) is 39.9 Å². The van der Waals surface area contributed by atoms with Crippen LogP contribution in [0, 0.1) is 11.8 Å². The summed E-state index contributed by atoms with van der Waals surface area (Å²) < 4.78 is 11.0. The molecule has 3 heterocycles. The van der Waals surface area contributed by atoms with Crippen molar-refractivity contribution in [1.82, 2.24) is 9.80 Å². The van der Waals surface area contributed by atoms with Gasteiger partial charge in [0.05, 0.1) is 13.0 Å². The van der Waals surface area contributed by atoms with Gasteiger partial charge >= 0.3 is 0 Å². The average Bonchev–Trinajstić information content (AvgIpc) is 3.46. The number of carbonyl (C=O) groups is 1. The molecule has 0 unspecified atom stereocenters. The van der Waals surface area contributed by atoms with Crippen LogP contribution in [0.1, 0.15) is 25.7 Å². The van der Waals surface area contributed by atoms with Crippen LogP contribution in [0.4, 0.5) is 0 Å². The van der Waals surface area contributed by atoms with E-state index in [0.29, 0.717) is 18.6 Å². The lowest BCUT2D eigenvalue weighted by Crippen LogP contribution is -2.48. The van der Waals surface area contributed by atoms with Crippen molar-refractivity contribution in [1.29, 1.82) is 0 Å². The van der Waals surface area contributed by atoms with Gasteiger partial charge in [0.15, 0.2) is 0 Å². The van der Waals surface area contributed by atoms with E-state index >= 15 is 0 Å². The number of rotatable bonds is 7. The second-order valence-corrected chi connectivity index (χ2v) is 7.65. The molecule has 2 atom stereocenters. The highest BCUT2D eigenvalue weighted by atomic mass is 16.5. The lowest BCUT2D eigenvalue weighted by atomic mass is 9.94. The number of amides is 1. The lowest BCUT2D eigenvalue weighted by molar-refractivity contribution is -0.140. The first-order chi connectivity index (χ1) is 12.2. The average molecular weight is 344 g/mol. The molecule has 1 amide bonds. The molecule has 4 aliphatic rings. The van der Waals surface area contributed by atoms with Crippen molar-refractivity contribution in [3.8, 4) is 11.5 Å². The van der Waals surface area contributed by atoms with E-state index < -0.39 is 0 Å². The highest BCUT2D eigenvalue weighted by Gasteiger charge is 2.42. The molecule has 25 heavy (non-hydrogen) atoms. The topological polar surface area (TPSA) is 42.0 Å². The molecule has 2 bridgehead atoms. The van der Waals surface area contributed by atoms with E-state index in [0.717, 1.165) is 50.0 Å². The molecule has 5 heteroatoms. The van der Waals surface area contributed by atoms with Crippen molar-refractivity contribution in [3.05, 3.63) is 24.3 Å². The molecule has 1 aromatic carbocycles. The van der Waals surface area contributed by atoms with Gasteiger partial charge in [-0.15, -0.1) is 0 Å². The van der Waals surface area contributed by atoms with Crippen LogP contribution in [0.15, 0.2) is 24.3 Å². The van der Waals surface area contributed by atoms with E-state index in [9.17, 15) is 4.79 Å². The van der Waals surface area contributed by atoms with Gasteiger partial charge in [-0.25, -0.2) is 0 Å². The Bertz CT molecular complexity index is 599. The molecule has 5 rings (SSSR count). The largest absolute Gasteiger partial charge is 0.497 e. The van der Waals surface area contributed by atoms with E-state index in [4.69, 9.17) is 9.47 Å². The van der Waals surface area contributed by atoms with Crippen molar-refractivity contribution in [2.24, 2.45) is 11.8 Å². The Morgan fingerprint density at radius 2 is 1.80 bits per heavy atom. The Balaban J connectivity index is 1.30. The molecule has 0 spiro atoms. The fraction of sp³-hybridized carbons (Fsp3) is 0.650. The minimum absolute atomic E-state index is 0.193. The van der Waals surface area contributed by atoms with Gasteiger partial charge in [-0.3, -0.25) is 9.69 Å². The van der Waals surface area contributed by atoms with Crippen molar-refractivity contribution in [3.63, 3.8) is 0 Å². The van der Waals surface area contributed by atoms with Gasteiger partial charge in [-0.1, -0.05) is 0 Å². The van der Waals surface area contributed by atoms with Gasteiger partial charge < -0.3 is 14.4 Å². The third-order valence-electron chi connectivity index (χ3n) is 5.76. The number of benzene rings is 1. The van der Waals surface area contributed by atoms with Crippen LogP contribution in [-0.2, 0) is 4.79 Å². The maximum absolute atomic E-state index is 12.7. The highest BCUT2D eigenvalue weighted by Crippen LogP contribution is 2.35. The Morgan fingerprint density at radius 1 is 1.04 bits per heavy atom. The monoisotopic (exact) mass is 344 g/mol. The molecule has 0 aromatic heterocycles. The molecule has 5 nitrogen and oxygen atoms in total. The van der Waals surface area contributed by atoms with Crippen molar-refractivity contribution in [2.45, 2.75) is 31.7 Å². The molecule has 1 aliphatic carbocycles. The van der Waals surface area contributed by atoms with Crippen LogP contribution in [0.5, 0.6) is 11.5 Å². The summed E-state index contributed by atoms with van der Waals surface area (Å²) >= 11 is 0. The summed E-state index contributed by atoms with van der Waals surface area (Å²) in [5.74, 6) is 3.08. The zero-order valence-electron chi connectivity index (χ0n) is 15.0. The van der Waals surface area contributed by atoms with Gasteiger partial charge in [0.1, 0.15) is 18.1 Å². The molecule has 4 fully saturated rings. The fourth-order valence-electron chi connectivity index (χ4n) is 4.10. The molecule has 3 saturated heterocycles. The number of fused-ring (bicyclic) bond motifs is 4. The van der Waals surface area contributed by atoms with E-state index in [1.165, 1.54) is 19.3 Å². The summed E-state index contributed by atoms with van der Waals surface area (Å²) in [6.45, 7) is 4.42. The van der Waals surface area contributed by atoms with Gasteiger partial charge in [0.25, 0.3) is 0 Å². The number of hydrogen-bond acceptors (Lipinski definition) is 4. The highest BCUT2D eigenvalue weighted by molar-refractivity contribution is 5.80. The summed E-state index contributed by atoms with van der Waals surface area (Å²) in [4.78, 5) is 17.4. The maximum Gasteiger partial charge on any atom is 0.227 e. The number of nitrogens with zero attached hydrogens (tertiary/aromatic N) is 2. The Kier molecular flexibility index (Phi) is 4.84. The van der Waals surface area contributed by atoms with Crippen LogP contribution < -0.4 is 9.47 Å². The standard InChI is InChI=1S/C20H28N2O3/c1-24-18-6-8-19(9-7-18)25-11-10-21-13-16-4-5-17(14-21)22(20(16)23)12-15-2-3-15/h6-9,15-17H,2-5,10-14H2,1H3/t16-,17+/m0/s1. The number of methoxy groups -OCH3 is 1. The van der Waals surface area contributed by atoms with Gasteiger partial charge in [0, 0.05) is 32.2 Å². The summed E-state index contributed by atoms with van der Waals surface area (Å²) in [7, 11) is 1.66. The van der Waals surface area contributed by atoms with E-state index in [2.05, 4.69) is 9.80 Å². The number of carbonyl (C=O) groups excluding carboxylic acids is 1. The minimum atomic E-state index is 0.193. The Hall–Kier alpha value is -1.75. The van der Waals surface area contributed by atoms with Crippen LogP contribution in [0.25, 0.3) is 0 Å². The second-order valence-electron chi connectivity index (χ2n) is 7.65. The van der Waals surface area contributed by atoms with E-state index in [-0.39, 0.29) is 5.92 Å². The molecule has 1 saturated carbocycles. The third-order valence-corrected chi connectivity index (χ3v) is 5.76. The molecule has 3 aliphatic heterocycles. The molecular formula is C20H28N2O3. The van der Waals surface area contributed by atoms with Crippen LogP contribution >= 0.6 is 0 Å². The normalized spacial score (nSPS) is 26.6. The lowest BCUT2D eigenvalue weighted by Gasteiger charge is -2.36. The first kappa shape index (κ1) is 16.7. The van der Waals surface area contributed by atoms with E-state index in [1.54, 1.807) is 7.11 Å². The van der Waals surface area contributed by atoms with E-state index in [1.807, 2.05) is 24.3 Å². The SMILES string of the molecule is COc1ccc(OCCN2C[C@@H]3CC[C@H](C2)N(CC2CC2)C3=O)cc1. The zero-order chi connectivity index (χ0) is 17.2. The summed E-state index contributed by atoms with van der Waals surface area (Å²) in [6, 6.07) is 8.11. The quantitative estimate of drug-likeness (QED) is 0.762.